The molecule has 5 heteroatoms. The number of piperidine rings is 2. The first-order chi connectivity index (χ1) is 11.4. The lowest BCUT2D eigenvalue weighted by Crippen LogP contribution is -2.65. The van der Waals surface area contributed by atoms with E-state index < -0.39 is 5.60 Å². The van der Waals surface area contributed by atoms with Crippen LogP contribution in [0.3, 0.4) is 0 Å². The van der Waals surface area contributed by atoms with Crippen molar-refractivity contribution in [2.45, 2.75) is 81.0 Å². The van der Waals surface area contributed by atoms with Gasteiger partial charge in [0.05, 0.1) is 17.2 Å². The number of aliphatic hydroxyl groups is 1. The van der Waals surface area contributed by atoms with E-state index in [0.717, 1.165) is 38.5 Å². The molecule has 0 radical (unpaired) electrons. The standard InChI is InChI=1S/C19H25N3O2/c20-14-12-6-17-8-19(17,9-17)22(12)15(23)13(21-14)16-2-10-1-11(3-16)5-18(24,4-10)7-16/h10-13,24H,1-9H2,(H2,20,21)/t10?,11?,12-,13+,16?,17?,18?,19?/m0/s1. The van der Waals surface area contributed by atoms with Gasteiger partial charge in [0, 0.05) is 10.8 Å². The number of aliphatic imine (C=N–C) groups is 1. The Balaban J connectivity index is 1.33. The smallest absolute Gasteiger partial charge is 0.249 e. The molecular weight excluding hydrogens is 302 g/mol. The first-order valence-corrected chi connectivity index (χ1v) is 9.77. The third-order valence-electron chi connectivity index (χ3n) is 9.10. The molecule has 0 aromatic heterocycles. The first kappa shape index (κ1) is 13.2. The molecule has 2 aliphatic heterocycles. The van der Waals surface area contributed by atoms with Gasteiger partial charge in [0.25, 0.3) is 0 Å². The maximum Gasteiger partial charge on any atom is 0.249 e. The Labute approximate surface area is 141 Å². The van der Waals surface area contributed by atoms with Crippen LogP contribution in [0.25, 0.3) is 0 Å². The number of carbonyl (C=O) groups excluding carboxylic acids is 1. The van der Waals surface area contributed by atoms with Crippen molar-refractivity contribution in [2.75, 3.05) is 0 Å². The van der Waals surface area contributed by atoms with Gasteiger partial charge < -0.3 is 15.7 Å². The van der Waals surface area contributed by atoms with Gasteiger partial charge in [0.1, 0.15) is 11.9 Å². The molecule has 7 fully saturated rings. The Morgan fingerprint density at radius 1 is 1.08 bits per heavy atom. The van der Waals surface area contributed by atoms with Gasteiger partial charge in [-0.3, -0.25) is 9.79 Å². The highest BCUT2D eigenvalue weighted by Crippen LogP contribution is 2.87. The Morgan fingerprint density at radius 3 is 2.46 bits per heavy atom. The topological polar surface area (TPSA) is 78.9 Å². The van der Waals surface area contributed by atoms with E-state index in [-0.39, 0.29) is 28.9 Å². The summed E-state index contributed by atoms with van der Waals surface area (Å²) < 4.78 is 0. The van der Waals surface area contributed by atoms with E-state index in [4.69, 9.17) is 10.7 Å². The largest absolute Gasteiger partial charge is 0.390 e. The summed E-state index contributed by atoms with van der Waals surface area (Å²) in [5.41, 5.74) is 6.30. The van der Waals surface area contributed by atoms with Crippen LogP contribution in [0.1, 0.15) is 57.8 Å². The molecule has 5 nitrogen and oxygen atoms in total. The molecule has 0 aromatic carbocycles. The average Bonchev–Trinajstić information content (AvgIpc) is 3.22. The minimum atomic E-state index is -0.544. The summed E-state index contributed by atoms with van der Waals surface area (Å²) in [6.45, 7) is 0. The minimum Gasteiger partial charge on any atom is -0.390 e. The zero-order valence-electron chi connectivity index (χ0n) is 14.0. The average molecular weight is 327 g/mol. The van der Waals surface area contributed by atoms with Crippen molar-refractivity contribution < 1.29 is 9.90 Å². The second-order valence-corrected chi connectivity index (χ2v) is 10.6. The van der Waals surface area contributed by atoms with Crippen molar-refractivity contribution in [3.63, 3.8) is 0 Å². The van der Waals surface area contributed by atoms with Crippen molar-refractivity contribution in [3.05, 3.63) is 0 Å². The monoisotopic (exact) mass is 327 g/mol. The Morgan fingerprint density at radius 2 is 1.79 bits per heavy atom. The van der Waals surface area contributed by atoms with E-state index in [0.29, 0.717) is 23.1 Å². The fraction of sp³-hybridized carbons (Fsp3) is 0.895. The molecule has 3 N–H and O–H groups in total. The van der Waals surface area contributed by atoms with Crippen LogP contribution in [0.2, 0.25) is 0 Å². The summed E-state index contributed by atoms with van der Waals surface area (Å²) in [4.78, 5) is 20.5. The maximum absolute atomic E-state index is 13.5. The van der Waals surface area contributed by atoms with Crippen molar-refractivity contribution in [2.24, 2.45) is 33.4 Å². The van der Waals surface area contributed by atoms with E-state index >= 15 is 0 Å². The summed E-state index contributed by atoms with van der Waals surface area (Å²) in [5, 5.41) is 11.1. The molecule has 1 saturated heterocycles. The van der Waals surface area contributed by atoms with Gasteiger partial charge in [0.2, 0.25) is 5.91 Å². The van der Waals surface area contributed by atoms with E-state index in [1.54, 1.807) is 0 Å². The van der Waals surface area contributed by atoms with Crippen LogP contribution >= 0.6 is 0 Å². The van der Waals surface area contributed by atoms with Crippen LogP contribution in [0, 0.1) is 22.7 Å². The number of nitrogens with two attached hydrogens (primary N) is 1. The Bertz CT molecular complexity index is 723. The quantitative estimate of drug-likeness (QED) is 0.759. The summed E-state index contributed by atoms with van der Waals surface area (Å²) in [5.74, 6) is 2.11. The Hall–Kier alpha value is -1.10. The highest BCUT2D eigenvalue weighted by Gasteiger charge is 2.91. The van der Waals surface area contributed by atoms with Crippen LogP contribution in [0.4, 0.5) is 0 Å². The van der Waals surface area contributed by atoms with Crippen molar-refractivity contribution in [1.29, 1.82) is 0 Å². The second-order valence-electron chi connectivity index (χ2n) is 10.6. The molecular formula is C19H25N3O2. The molecule has 24 heavy (non-hydrogen) atoms. The van der Waals surface area contributed by atoms with Gasteiger partial charge >= 0.3 is 0 Å². The van der Waals surface area contributed by atoms with Gasteiger partial charge in [-0.25, -0.2) is 0 Å². The molecule has 0 spiro atoms. The van der Waals surface area contributed by atoms with E-state index in [2.05, 4.69) is 4.90 Å². The van der Waals surface area contributed by atoms with Crippen molar-refractivity contribution >= 4 is 11.7 Å². The predicted molar refractivity (Wildman–Crippen MR) is 87.1 cm³/mol. The zero-order valence-corrected chi connectivity index (χ0v) is 14.0. The van der Waals surface area contributed by atoms with Gasteiger partial charge in [-0.2, -0.15) is 0 Å². The van der Waals surface area contributed by atoms with Crippen LogP contribution in [0.15, 0.2) is 4.99 Å². The number of rotatable bonds is 1. The number of amidine groups is 1. The lowest BCUT2D eigenvalue weighted by molar-refractivity contribution is -0.178. The molecule has 2 unspecified atom stereocenters. The summed E-state index contributed by atoms with van der Waals surface area (Å²) in [6.07, 6.45) is 9.44. The summed E-state index contributed by atoms with van der Waals surface area (Å²) in [7, 11) is 0. The highest BCUT2D eigenvalue weighted by molar-refractivity contribution is 6.00. The van der Waals surface area contributed by atoms with Crippen molar-refractivity contribution in [1.82, 2.24) is 4.90 Å². The van der Waals surface area contributed by atoms with Gasteiger partial charge in [-0.1, -0.05) is 0 Å². The van der Waals surface area contributed by atoms with Gasteiger partial charge in [-0.15, -0.1) is 0 Å². The lowest BCUT2D eigenvalue weighted by atomic mass is 9.46. The number of hydrogen-bond acceptors (Lipinski definition) is 4. The van der Waals surface area contributed by atoms with Crippen LogP contribution < -0.4 is 5.73 Å². The van der Waals surface area contributed by atoms with Gasteiger partial charge in [-0.05, 0) is 69.6 Å². The Kier molecular flexibility index (Phi) is 1.80. The van der Waals surface area contributed by atoms with E-state index in [1.165, 1.54) is 19.3 Å². The minimum absolute atomic E-state index is 0.0771. The van der Waals surface area contributed by atoms with Crippen LogP contribution in [-0.2, 0) is 4.79 Å². The maximum atomic E-state index is 13.5. The van der Waals surface area contributed by atoms with Crippen LogP contribution in [-0.4, -0.2) is 45.0 Å². The first-order valence-electron chi connectivity index (χ1n) is 9.77. The highest BCUT2D eigenvalue weighted by atomic mass is 16.3. The number of amides is 1. The third kappa shape index (κ3) is 1.20. The molecule has 8 aliphatic rings. The zero-order chi connectivity index (χ0) is 16.1. The summed E-state index contributed by atoms with van der Waals surface area (Å²) >= 11 is 0. The molecule has 0 aromatic rings. The number of nitrogens with zero attached hydrogens (tertiary/aromatic N) is 2. The molecule has 6 saturated carbocycles. The molecule has 1 amide bonds. The van der Waals surface area contributed by atoms with Crippen molar-refractivity contribution in [3.8, 4) is 0 Å². The lowest BCUT2D eigenvalue weighted by Gasteiger charge is -2.62. The second kappa shape index (κ2) is 3.29. The molecule has 4 atom stereocenters. The molecule has 2 heterocycles. The molecule has 6 aliphatic carbocycles. The molecule has 8 rings (SSSR count). The fourth-order valence-electron chi connectivity index (χ4n) is 8.53. The number of fused-ring (bicyclic) bond motifs is 1. The molecule has 4 bridgehead atoms. The summed E-state index contributed by atoms with van der Waals surface area (Å²) in [6, 6.07) is -0.245. The fourth-order valence-corrected chi connectivity index (χ4v) is 8.53. The third-order valence-corrected chi connectivity index (χ3v) is 9.10. The number of carbonyl (C=O) groups is 1. The van der Waals surface area contributed by atoms with Crippen LogP contribution in [0.5, 0.6) is 0 Å². The van der Waals surface area contributed by atoms with Gasteiger partial charge in [0.15, 0.2) is 0 Å². The van der Waals surface area contributed by atoms with E-state index in [9.17, 15) is 9.90 Å². The SMILES string of the molecule is NC1=N[C@@H](C23CC4CC(CC(O)(C4)C2)C3)C(=O)N2[C@H]1CC13CC21C3. The number of hydrogen-bond donors (Lipinski definition) is 2. The normalized spacial score (nSPS) is 64.5. The predicted octanol–water partition coefficient (Wildman–Crippen LogP) is 1.19. The molecule has 128 valence electrons. The van der Waals surface area contributed by atoms with E-state index in [1.807, 2.05) is 0 Å².